The molecule has 2 heterocycles. The van der Waals surface area contributed by atoms with E-state index in [0.29, 0.717) is 12.3 Å². The maximum absolute atomic E-state index is 11.8. The maximum Gasteiger partial charge on any atom is 0.225 e. The summed E-state index contributed by atoms with van der Waals surface area (Å²) in [6, 6.07) is 0. The van der Waals surface area contributed by atoms with Crippen LogP contribution in [-0.4, -0.2) is 24.0 Å². The van der Waals surface area contributed by atoms with Crippen molar-refractivity contribution in [3.05, 3.63) is 10.7 Å². The third kappa shape index (κ3) is 4.23. The van der Waals surface area contributed by atoms with Gasteiger partial charge in [-0.15, -0.1) is 23.7 Å². The van der Waals surface area contributed by atoms with E-state index in [1.807, 2.05) is 13.8 Å². The molecule has 1 unspecified atom stereocenters. The van der Waals surface area contributed by atoms with Gasteiger partial charge in [-0.05, 0) is 45.7 Å². The molecule has 1 fully saturated rings. The van der Waals surface area contributed by atoms with Crippen molar-refractivity contribution in [3.8, 4) is 0 Å². The number of carbonyl (C=O) groups is 1. The second-order valence-corrected chi connectivity index (χ2v) is 5.80. The highest BCUT2D eigenvalue weighted by atomic mass is 35.5. The number of halogens is 1. The molecule has 1 atom stereocenters. The van der Waals surface area contributed by atoms with Crippen LogP contribution < -0.4 is 10.6 Å². The summed E-state index contributed by atoms with van der Waals surface area (Å²) in [4.78, 5) is 16.1. The highest BCUT2D eigenvalue weighted by Crippen LogP contribution is 2.23. The molecular formula is C12H20ClN3OS. The summed E-state index contributed by atoms with van der Waals surface area (Å²) in [6.45, 7) is 6.04. The first-order chi connectivity index (χ1) is 8.15. The van der Waals surface area contributed by atoms with Gasteiger partial charge >= 0.3 is 0 Å². The lowest BCUT2D eigenvalue weighted by Gasteiger charge is -2.07. The zero-order chi connectivity index (χ0) is 12.3. The van der Waals surface area contributed by atoms with E-state index >= 15 is 0 Å². The molecule has 1 aliphatic heterocycles. The van der Waals surface area contributed by atoms with E-state index < -0.39 is 0 Å². The van der Waals surface area contributed by atoms with Gasteiger partial charge in [0.05, 0.1) is 10.7 Å². The molecular weight excluding hydrogens is 270 g/mol. The first kappa shape index (κ1) is 15.4. The Morgan fingerprint density at radius 3 is 2.89 bits per heavy atom. The fourth-order valence-corrected chi connectivity index (χ4v) is 2.97. The quantitative estimate of drug-likeness (QED) is 0.895. The average molecular weight is 290 g/mol. The van der Waals surface area contributed by atoms with Gasteiger partial charge in [0.15, 0.2) is 0 Å². The SMILES string of the molecule is Cc1nc(C)c(NC(=O)CCC2CCNC2)s1.Cl. The van der Waals surface area contributed by atoms with Crippen LogP contribution in [0.5, 0.6) is 0 Å². The molecule has 1 aliphatic rings. The predicted octanol–water partition coefficient (Wildman–Crippen LogP) is 2.51. The van der Waals surface area contributed by atoms with E-state index in [9.17, 15) is 4.79 Å². The number of carbonyl (C=O) groups excluding carboxylic acids is 1. The smallest absolute Gasteiger partial charge is 0.225 e. The third-order valence-electron chi connectivity index (χ3n) is 3.10. The van der Waals surface area contributed by atoms with Gasteiger partial charge in [0.1, 0.15) is 5.00 Å². The molecule has 6 heteroatoms. The summed E-state index contributed by atoms with van der Waals surface area (Å²) >= 11 is 1.55. The number of aromatic nitrogens is 1. The van der Waals surface area contributed by atoms with Crippen molar-refractivity contribution in [2.45, 2.75) is 33.1 Å². The number of rotatable bonds is 4. The van der Waals surface area contributed by atoms with Crippen molar-refractivity contribution < 1.29 is 4.79 Å². The molecule has 1 amide bonds. The molecule has 2 N–H and O–H groups in total. The Hall–Kier alpha value is -0.650. The van der Waals surface area contributed by atoms with E-state index in [2.05, 4.69) is 15.6 Å². The van der Waals surface area contributed by atoms with Crippen molar-refractivity contribution in [1.29, 1.82) is 0 Å². The molecule has 0 saturated carbocycles. The summed E-state index contributed by atoms with van der Waals surface area (Å²) < 4.78 is 0. The number of amides is 1. The molecule has 1 saturated heterocycles. The number of aryl methyl sites for hydroxylation is 2. The van der Waals surface area contributed by atoms with Crippen LogP contribution in [0.25, 0.3) is 0 Å². The Balaban J connectivity index is 0.00000162. The standard InChI is InChI=1S/C12H19N3OS.ClH/c1-8-12(17-9(2)14-8)15-11(16)4-3-10-5-6-13-7-10;/h10,13H,3-7H2,1-2H3,(H,15,16);1H. The zero-order valence-corrected chi connectivity index (χ0v) is 12.4. The fourth-order valence-electron chi connectivity index (χ4n) is 2.13. The molecule has 1 aromatic rings. The van der Waals surface area contributed by atoms with Crippen molar-refractivity contribution >= 4 is 34.7 Å². The summed E-state index contributed by atoms with van der Waals surface area (Å²) in [7, 11) is 0. The van der Waals surface area contributed by atoms with Crippen LogP contribution in [0, 0.1) is 19.8 Å². The highest BCUT2D eigenvalue weighted by Gasteiger charge is 2.16. The second kappa shape index (κ2) is 7.07. The summed E-state index contributed by atoms with van der Waals surface area (Å²) in [5.74, 6) is 0.786. The largest absolute Gasteiger partial charge is 0.316 e. The minimum absolute atomic E-state index is 0. The van der Waals surface area contributed by atoms with Crippen molar-refractivity contribution in [1.82, 2.24) is 10.3 Å². The Morgan fingerprint density at radius 1 is 1.56 bits per heavy atom. The lowest BCUT2D eigenvalue weighted by Crippen LogP contribution is -2.14. The normalized spacial score (nSPS) is 18.4. The van der Waals surface area contributed by atoms with Gasteiger partial charge in [-0.2, -0.15) is 0 Å². The molecule has 0 aromatic carbocycles. The summed E-state index contributed by atoms with van der Waals surface area (Å²) in [6.07, 6.45) is 2.80. The molecule has 0 spiro atoms. The summed E-state index contributed by atoms with van der Waals surface area (Å²) in [5.41, 5.74) is 0.920. The monoisotopic (exact) mass is 289 g/mol. The van der Waals surface area contributed by atoms with Crippen LogP contribution >= 0.6 is 23.7 Å². The Bertz CT molecular complexity index is 402. The van der Waals surface area contributed by atoms with Gasteiger partial charge in [-0.25, -0.2) is 4.98 Å². The number of thiazole rings is 1. The van der Waals surface area contributed by atoms with E-state index in [0.717, 1.165) is 35.2 Å². The van der Waals surface area contributed by atoms with Gasteiger partial charge in [0.25, 0.3) is 0 Å². The van der Waals surface area contributed by atoms with Gasteiger partial charge in [0, 0.05) is 6.42 Å². The van der Waals surface area contributed by atoms with Gasteiger partial charge < -0.3 is 10.6 Å². The van der Waals surface area contributed by atoms with Gasteiger partial charge in [-0.3, -0.25) is 4.79 Å². The predicted molar refractivity (Wildman–Crippen MR) is 77.7 cm³/mol. The van der Waals surface area contributed by atoms with Crippen LogP contribution in [0.4, 0.5) is 5.00 Å². The zero-order valence-electron chi connectivity index (χ0n) is 10.8. The van der Waals surface area contributed by atoms with Crippen LogP contribution in [0.2, 0.25) is 0 Å². The molecule has 1 aromatic heterocycles. The van der Waals surface area contributed by atoms with Crippen LogP contribution in [0.3, 0.4) is 0 Å². The van der Waals surface area contributed by atoms with E-state index in [4.69, 9.17) is 0 Å². The molecule has 18 heavy (non-hydrogen) atoms. The molecule has 2 rings (SSSR count). The number of nitrogens with one attached hydrogen (secondary N) is 2. The molecule has 0 radical (unpaired) electrons. The molecule has 0 aliphatic carbocycles. The molecule has 102 valence electrons. The molecule has 0 bridgehead atoms. The van der Waals surface area contributed by atoms with Gasteiger partial charge in [0.2, 0.25) is 5.91 Å². The highest BCUT2D eigenvalue weighted by molar-refractivity contribution is 7.16. The topological polar surface area (TPSA) is 54.0 Å². The summed E-state index contributed by atoms with van der Waals surface area (Å²) in [5, 5.41) is 8.17. The number of hydrogen-bond donors (Lipinski definition) is 2. The fraction of sp³-hybridized carbons (Fsp3) is 0.667. The first-order valence-electron chi connectivity index (χ1n) is 6.09. The second-order valence-electron chi connectivity index (χ2n) is 4.59. The Labute approximate surface area is 118 Å². The first-order valence-corrected chi connectivity index (χ1v) is 6.91. The third-order valence-corrected chi connectivity index (χ3v) is 4.09. The maximum atomic E-state index is 11.8. The van der Waals surface area contributed by atoms with E-state index in [-0.39, 0.29) is 18.3 Å². The number of hydrogen-bond acceptors (Lipinski definition) is 4. The molecule has 4 nitrogen and oxygen atoms in total. The van der Waals surface area contributed by atoms with E-state index in [1.165, 1.54) is 6.42 Å². The van der Waals surface area contributed by atoms with Crippen molar-refractivity contribution in [2.75, 3.05) is 18.4 Å². The van der Waals surface area contributed by atoms with Crippen LogP contribution in [0.1, 0.15) is 30.0 Å². The van der Waals surface area contributed by atoms with Gasteiger partial charge in [-0.1, -0.05) is 0 Å². The minimum atomic E-state index is 0. The number of nitrogens with zero attached hydrogens (tertiary/aromatic N) is 1. The lowest BCUT2D eigenvalue weighted by molar-refractivity contribution is -0.116. The lowest BCUT2D eigenvalue weighted by atomic mass is 10.0. The van der Waals surface area contributed by atoms with E-state index in [1.54, 1.807) is 11.3 Å². The van der Waals surface area contributed by atoms with Crippen LogP contribution in [0.15, 0.2) is 0 Å². The van der Waals surface area contributed by atoms with Crippen molar-refractivity contribution in [2.24, 2.45) is 5.92 Å². The average Bonchev–Trinajstić information content (AvgIpc) is 2.87. The minimum Gasteiger partial charge on any atom is -0.316 e. The number of anilines is 1. The van der Waals surface area contributed by atoms with Crippen molar-refractivity contribution in [3.63, 3.8) is 0 Å². The van der Waals surface area contributed by atoms with Crippen LogP contribution in [-0.2, 0) is 4.79 Å². The Kier molecular flexibility index (Phi) is 6.05. The Morgan fingerprint density at radius 2 is 2.33 bits per heavy atom.